The van der Waals surface area contributed by atoms with Gasteiger partial charge in [0.05, 0.1) is 29.2 Å². The maximum atomic E-state index is 13.1. The second-order valence-corrected chi connectivity index (χ2v) is 8.49. The molecule has 1 saturated heterocycles. The quantitative estimate of drug-likeness (QED) is 0.579. The van der Waals surface area contributed by atoms with Crippen LogP contribution in [0.15, 0.2) is 48.5 Å². The second kappa shape index (κ2) is 9.67. The minimum atomic E-state index is -0.0453. The van der Waals surface area contributed by atoms with E-state index in [1.807, 2.05) is 55.1 Å². The molecule has 3 aromatic rings. The summed E-state index contributed by atoms with van der Waals surface area (Å²) in [5.41, 5.74) is 3.69. The average molecular weight is 467 g/mol. The Morgan fingerprint density at radius 2 is 1.55 bits per heavy atom. The van der Waals surface area contributed by atoms with E-state index in [0.29, 0.717) is 48.1 Å². The first-order valence-corrected chi connectivity index (χ1v) is 11.3. The summed E-state index contributed by atoms with van der Waals surface area (Å²) in [6, 6.07) is 14.5. The van der Waals surface area contributed by atoms with Crippen LogP contribution in [0, 0.1) is 13.8 Å². The standard InChI is InChI=1S/C25H27ClN4O3/c1-17-23(26)18(2)30(27-17)21-10-8-19(9-11-21)24(31)28-12-5-13-29(15-14-28)25(32)20-6-4-7-22(16-20)33-3/h4,6-11,16H,5,12-15H2,1-3H3. The van der Waals surface area contributed by atoms with E-state index in [4.69, 9.17) is 16.3 Å². The zero-order valence-electron chi connectivity index (χ0n) is 19.0. The normalized spacial score (nSPS) is 14.2. The molecule has 0 unspecified atom stereocenters. The van der Waals surface area contributed by atoms with Gasteiger partial charge in [-0.25, -0.2) is 4.68 Å². The molecule has 1 aromatic heterocycles. The van der Waals surface area contributed by atoms with E-state index >= 15 is 0 Å². The number of rotatable bonds is 4. The molecule has 0 bridgehead atoms. The topological polar surface area (TPSA) is 67.7 Å². The molecule has 4 rings (SSSR count). The van der Waals surface area contributed by atoms with Crippen LogP contribution in [0.25, 0.3) is 5.69 Å². The number of aromatic nitrogens is 2. The summed E-state index contributed by atoms with van der Waals surface area (Å²) in [7, 11) is 1.58. The Labute approximate surface area is 198 Å². The molecule has 0 radical (unpaired) electrons. The van der Waals surface area contributed by atoms with Gasteiger partial charge in [-0.2, -0.15) is 5.10 Å². The van der Waals surface area contributed by atoms with E-state index in [1.54, 1.807) is 28.8 Å². The highest BCUT2D eigenvalue weighted by atomic mass is 35.5. The molecule has 1 fully saturated rings. The number of carbonyl (C=O) groups is 2. The largest absolute Gasteiger partial charge is 0.497 e. The van der Waals surface area contributed by atoms with Crippen molar-refractivity contribution in [2.24, 2.45) is 0 Å². The molecule has 7 nitrogen and oxygen atoms in total. The second-order valence-electron chi connectivity index (χ2n) is 8.11. The van der Waals surface area contributed by atoms with Gasteiger partial charge < -0.3 is 14.5 Å². The highest BCUT2D eigenvalue weighted by Crippen LogP contribution is 2.23. The van der Waals surface area contributed by atoms with Crippen molar-refractivity contribution in [1.29, 1.82) is 0 Å². The van der Waals surface area contributed by atoms with Gasteiger partial charge in [0.15, 0.2) is 0 Å². The molecular formula is C25H27ClN4O3. The molecule has 1 aliphatic rings. The van der Waals surface area contributed by atoms with Crippen molar-refractivity contribution >= 4 is 23.4 Å². The fourth-order valence-corrected chi connectivity index (χ4v) is 4.18. The van der Waals surface area contributed by atoms with Gasteiger partial charge in [-0.3, -0.25) is 9.59 Å². The maximum Gasteiger partial charge on any atom is 0.254 e. The van der Waals surface area contributed by atoms with Gasteiger partial charge in [-0.15, -0.1) is 0 Å². The Balaban J connectivity index is 1.43. The van der Waals surface area contributed by atoms with Crippen LogP contribution in [-0.2, 0) is 0 Å². The zero-order chi connectivity index (χ0) is 23.5. The first kappa shape index (κ1) is 22.9. The molecule has 0 N–H and O–H groups in total. The van der Waals surface area contributed by atoms with Crippen molar-refractivity contribution in [3.8, 4) is 11.4 Å². The predicted molar refractivity (Wildman–Crippen MR) is 127 cm³/mol. The van der Waals surface area contributed by atoms with Gasteiger partial charge in [-0.1, -0.05) is 17.7 Å². The highest BCUT2D eigenvalue weighted by Gasteiger charge is 2.24. The zero-order valence-corrected chi connectivity index (χ0v) is 19.8. The van der Waals surface area contributed by atoms with Crippen LogP contribution in [0.2, 0.25) is 5.02 Å². The summed E-state index contributed by atoms with van der Waals surface area (Å²) in [5.74, 6) is 0.568. The lowest BCUT2D eigenvalue weighted by Crippen LogP contribution is -2.37. The van der Waals surface area contributed by atoms with Gasteiger partial charge in [0.2, 0.25) is 0 Å². The van der Waals surface area contributed by atoms with Crippen LogP contribution in [0.4, 0.5) is 0 Å². The fourth-order valence-electron chi connectivity index (χ4n) is 4.07. The number of carbonyl (C=O) groups excluding carboxylic acids is 2. The number of halogens is 1. The number of hydrogen-bond donors (Lipinski definition) is 0. The highest BCUT2D eigenvalue weighted by molar-refractivity contribution is 6.31. The Morgan fingerprint density at radius 3 is 2.12 bits per heavy atom. The molecule has 0 saturated carbocycles. The van der Waals surface area contributed by atoms with E-state index < -0.39 is 0 Å². The molecule has 172 valence electrons. The maximum absolute atomic E-state index is 13.1. The van der Waals surface area contributed by atoms with Crippen molar-refractivity contribution in [3.63, 3.8) is 0 Å². The molecule has 0 atom stereocenters. The smallest absolute Gasteiger partial charge is 0.254 e. The Hall–Kier alpha value is -3.32. The third-order valence-corrected chi connectivity index (χ3v) is 6.50. The van der Waals surface area contributed by atoms with E-state index in [0.717, 1.165) is 23.5 Å². The SMILES string of the molecule is COc1cccc(C(=O)N2CCCN(C(=O)c3ccc(-n4nc(C)c(Cl)c4C)cc3)CC2)c1. The van der Waals surface area contributed by atoms with E-state index in [9.17, 15) is 9.59 Å². The van der Waals surface area contributed by atoms with Crippen LogP contribution in [0.1, 0.15) is 38.5 Å². The van der Waals surface area contributed by atoms with Crippen molar-refractivity contribution < 1.29 is 14.3 Å². The molecule has 33 heavy (non-hydrogen) atoms. The lowest BCUT2D eigenvalue weighted by Gasteiger charge is -2.22. The number of nitrogens with zero attached hydrogens (tertiary/aromatic N) is 4. The number of amides is 2. The number of benzene rings is 2. The summed E-state index contributed by atoms with van der Waals surface area (Å²) in [6.07, 6.45) is 0.726. The average Bonchev–Trinajstić information content (AvgIpc) is 3.02. The van der Waals surface area contributed by atoms with Gasteiger partial charge in [0.25, 0.3) is 11.8 Å². The van der Waals surface area contributed by atoms with Crippen molar-refractivity contribution in [1.82, 2.24) is 19.6 Å². The van der Waals surface area contributed by atoms with Gasteiger partial charge >= 0.3 is 0 Å². The lowest BCUT2D eigenvalue weighted by atomic mass is 10.1. The lowest BCUT2D eigenvalue weighted by molar-refractivity contribution is 0.0718. The minimum Gasteiger partial charge on any atom is -0.497 e. The van der Waals surface area contributed by atoms with Crippen LogP contribution in [0.5, 0.6) is 5.75 Å². The van der Waals surface area contributed by atoms with Gasteiger partial charge in [0.1, 0.15) is 5.75 Å². The van der Waals surface area contributed by atoms with Crippen LogP contribution >= 0.6 is 11.6 Å². The summed E-state index contributed by atoms with van der Waals surface area (Å²) < 4.78 is 7.01. The van der Waals surface area contributed by atoms with E-state index in [1.165, 1.54) is 0 Å². The minimum absolute atomic E-state index is 0.0383. The molecule has 0 spiro atoms. The van der Waals surface area contributed by atoms with Gasteiger partial charge in [0, 0.05) is 37.3 Å². The molecule has 2 amide bonds. The van der Waals surface area contributed by atoms with Gasteiger partial charge in [-0.05, 0) is 62.7 Å². The fraction of sp³-hybridized carbons (Fsp3) is 0.320. The van der Waals surface area contributed by atoms with Crippen LogP contribution in [0.3, 0.4) is 0 Å². The Bertz CT molecular complexity index is 1170. The molecule has 1 aliphatic heterocycles. The van der Waals surface area contributed by atoms with Crippen LogP contribution in [-0.4, -0.2) is 64.7 Å². The van der Waals surface area contributed by atoms with Crippen molar-refractivity contribution in [2.45, 2.75) is 20.3 Å². The molecular weight excluding hydrogens is 440 g/mol. The van der Waals surface area contributed by atoms with Crippen molar-refractivity contribution in [3.05, 3.63) is 76.1 Å². The molecule has 8 heteroatoms. The van der Waals surface area contributed by atoms with E-state index in [2.05, 4.69) is 5.10 Å². The van der Waals surface area contributed by atoms with Crippen molar-refractivity contribution in [2.75, 3.05) is 33.3 Å². The number of methoxy groups -OCH3 is 1. The van der Waals surface area contributed by atoms with Crippen LogP contribution < -0.4 is 4.74 Å². The Morgan fingerprint density at radius 1 is 0.909 bits per heavy atom. The molecule has 0 aliphatic carbocycles. The third-order valence-electron chi connectivity index (χ3n) is 5.95. The number of hydrogen-bond acceptors (Lipinski definition) is 4. The summed E-state index contributed by atoms with van der Waals surface area (Å²) in [5, 5.41) is 5.11. The third kappa shape index (κ3) is 4.73. The first-order chi connectivity index (χ1) is 15.9. The molecule has 2 heterocycles. The monoisotopic (exact) mass is 466 g/mol. The summed E-state index contributed by atoms with van der Waals surface area (Å²) in [6.45, 7) is 5.98. The number of aryl methyl sites for hydroxylation is 1. The predicted octanol–water partition coefficient (Wildman–Crippen LogP) is 4.14. The summed E-state index contributed by atoms with van der Waals surface area (Å²) in [4.78, 5) is 29.7. The number of ether oxygens (including phenoxy) is 1. The summed E-state index contributed by atoms with van der Waals surface area (Å²) >= 11 is 6.26. The first-order valence-electron chi connectivity index (χ1n) is 10.9. The van der Waals surface area contributed by atoms with E-state index in [-0.39, 0.29) is 11.8 Å². The molecule has 2 aromatic carbocycles. The Kier molecular flexibility index (Phi) is 6.70.